The van der Waals surface area contributed by atoms with Gasteiger partial charge in [-0.2, -0.15) is 0 Å². The zero-order valence-electron chi connectivity index (χ0n) is 73.3. The molecule has 0 saturated carbocycles. The Hall–Kier alpha value is -7.43. The number of hydrogen-bond donors (Lipinski definition) is 36. The lowest BCUT2D eigenvalue weighted by molar-refractivity contribution is -0.396. The molecule has 0 bridgehead atoms. The van der Waals surface area contributed by atoms with Gasteiger partial charge in [-0.15, -0.1) is 0 Å². The summed E-state index contributed by atoms with van der Waals surface area (Å²) in [5, 5.41) is 351. The highest BCUT2D eigenvalue weighted by molar-refractivity contribution is 5.80. The van der Waals surface area contributed by atoms with Crippen molar-refractivity contribution in [2.45, 2.75) is 347 Å². The molecule has 8 saturated heterocycles. The van der Waals surface area contributed by atoms with Gasteiger partial charge in [0.05, 0.1) is 114 Å². The van der Waals surface area contributed by atoms with Gasteiger partial charge in [-0.25, -0.2) is 24.0 Å². The Morgan fingerprint density at radius 2 is 0.555 bits per heavy atom. The summed E-state index contributed by atoms with van der Waals surface area (Å²) < 4.78 is 86.9. The van der Waals surface area contributed by atoms with Crippen LogP contribution in [0, 0.1) is 0 Å². The van der Waals surface area contributed by atoms with Crippen LogP contribution in [0.3, 0.4) is 0 Å². The zero-order valence-corrected chi connectivity index (χ0v) is 73.3. The van der Waals surface area contributed by atoms with Gasteiger partial charge in [-0.05, 0) is 0 Å². The fourth-order valence-corrected chi connectivity index (χ4v) is 17.4. The first-order chi connectivity index (χ1) is 64.0. The number of aliphatic carboxylic acids is 5. The predicted molar refractivity (Wildman–Crippen MR) is 420 cm³/mol. The van der Waals surface area contributed by atoms with E-state index in [1.807, 2.05) is 0 Å². The molecular weight excluding hydrogens is 1880 g/mol. The first-order valence-corrected chi connectivity index (χ1v) is 42.3. The molecule has 0 aromatic heterocycles. The molecule has 8 rings (SSSR count). The van der Waals surface area contributed by atoms with Crippen molar-refractivity contribution >= 4 is 65.3 Å². The van der Waals surface area contributed by atoms with E-state index in [0.717, 1.165) is 41.5 Å². The number of rotatable bonds is 43. The SMILES string of the molecule is CC(=O)N[C@H]1[C@H](O[C@H]2[C@H](O[C@]3(C(=O)O)C[C@H](O)[C@@H](NC(C)=O)[C@H]([C@H](O)[C@@H](CO)O[C@]4(C(=O)O)C[C@H](O)[C@@H](NC(C)=O)[C@H]([C@H](O)[C@@H](CO)O[C@]5(C(=O)O)C[C@H](O)[C@@H](NC(C)=O)[C@H]([C@H](O)[C@H](O)CO)O5)O4)O3)[C@@H](O)[C@@H](O)O[C@@H]2CO)O[C@H](CO)[C@H](O)[C@@H]1O[C@@H]1O[C@H](CO)[C@H](O)[C@H](O[C@]2(C(=O)O)C[C@H](O)[C@@H](NC(C)=O)[C@H]([C@H](O)[C@@H](CO)O[C@]3(C(=O)O)C[C@H](O)[C@@H](NC(C)=O)[C@H]([C@H](O)[C@H](O)CO)O3)O2)[C@H]1O. The van der Waals surface area contributed by atoms with E-state index in [2.05, 4.69) is 31.9 Å². The zero-order chi connectivity index (χ0) is 103. The summed E-state index contributed by atoms with van der Waals surface area (Å²) in [5.74, 6) is -36.3. The molecule has 8 aliphatic heterocycles. The Kier molecular flexibility index (Phi) is 39.9. The number of carboxylic acids is 5. The summed E-state index contributed by atoms with van der Waals surface area (Å²) in [4.78, 5) is 145. The number of carboxylic acid groups (broad SMARTS) is 5. The average Bonchev–Trinajstić information content (AvgIpc) is 0.739. The fourth-order valence-electron chi connectivity index (χ4n) is 17.4. The lowest BCUT2D eigenvalue weighted by atomic mass is 9.86. The number of carbonyl (C=O) groups excluding carboxylic acids is 6. The van der Waals surface area contributed by atoms with E-state index in [1.54, 1.807) is 0 Å². The normalized spacial score (nSPS) is 40.9. The van der Waals surface area contributed by atoms with Gasteiger partial charge >= 0.3 is 29.8 Å². The molecule has 62 nitrogen and oxygen atoms in total. The van der Waals surface area contributed by atoms with Crippen molar-refractivity contribution in [3.8, 4) is 0 Å². The third kappa shape index (κ3) is 25.3. The van der Waals surface area contributed by atoms with E-state index in [-0.39, 0.29) is 0 Å². The average molecular weight is 2000 g/mol. The van der Waals surface area contributed by atoms with Crippen LogP contribution in [-0.4, -0.2) is 545 Å². The molecule has 0 aromatic carbocycles. The van der Waals surface area contributed by atoms with Gasteiger partial charge in [0.25, 0.3) is 28.9 Å². The molecule has 8 fully saturated rings. The predicted octanol–water partition coefficient (Wildman–Crippen LogP) is -21.6. The Labute approximate surface area is 771 Å². The number of aliphatic hydroxyl groups excluding tert-OH is 25. The summed E-state index contributed by atoms with van der Waals surface area (Å²) in [6.07, 6.45) is -93.0. The minimum atomic E-state index is -3.79. The van der Waals surface area contributed by atoms with Crippen molar-refractivity contribution in [1.29, 1.82) is 0 Å². The van der Waals surface area contributed by atoms with Gasteiger partial charge in [-0.3, -0.25) is 28.8 Å². The van der Waals surface area contributed by atoms with Crippen LogP contribution in [0.4, 0.5) is 0 Å². The molecular formula is C75H120N6O56. The van der Waals surface area contributed by atoms with Crippen LogP contribution in [0.1, 0.15) is 73.6 Å². The maximum absolute atomic E-state index is 14.2. The van der Waals surface area contributed by atoms with Gasteiger partial charge in [0, 0.05) is 73.6 Å². The molecule has 0 radical (unpaired) electrons. The third-order valence-corrected chi connectivity index (χ3v) is 24.0. The molecule has 8 aliphatic rings. The highest BCUT2D eigenvalue weighted by Gasteiger charge is 2.68. The van der Waals surface area contributed by atoms with Crippen LogP contribution in [0.15, 0.2) is 0 Å². The molecule has 786 valence electrons. The number of carbonyl (C=O) groups is 11. The number of amides is 6. The molecule has 0 aliphatic carbocycles. The third-order valence-electron chi connectivity index (χ3n) is 24.0. The van der Waals surface area contributed by atoms with Crippen LogP contribution >= 0.6 is 0 Å². The molecule has 8 heterocycles. The largest absolute Gasteiger partial charge is 0.477 e. The minimum Gasteiger partial charge on any atom is -0.477 e. The topological polar surface area (TPSA) is 1010 Å². The summed E-state index contributed by atoms with van der Waals surface area (Å²) in [6, 6.07) is -12.5. The second-order valence-electron chi connectivity index (χ2n) is 33.9. The number of hydrogen-bond acceptors (Lipinski definition) is 51. The molecule has 0 unspecified atom stereocenters. The van der Waals surface area contributed by atoms with E-state index < -0.39 is 424 Å². The molecule has 0 spiro atoms. The lowest BCUT2D eigenvalue weighted by Crippen LogP contribution is -2.73. The van der Waals surface area contributed by atoms with Gasteiger partial charge < -0.3 is 256 Å². The van der Waals surface area contributed by atoms with Crippen LogP contribution in [0.5, 0.6) is 0 Å². The molecule has 36 N–H and O–H groups in total. The van der Waals surface area contributed by atoms with E-state index in [1.165, 1.54) is 0 Å². The molecule has 6 amide bonds. The van der Waals surface area contributed by atoms with Crippen molar-refractivity contribution in [2.24, 2.45) is 0 Å². The van der Waals surface area contributed by atoms with Gasteiger partial charge in [0.15, 0.2) is 18.9 Å². The van der Waals surface area contributed by atoms with Gasteiger partial charge in [0.1, 0.15) is 165 Å². The highest BCUT2D eigenvalue weighted by atomic mass is 16.8. The maximum Gasteiger partial charge on any atom is 0.364 e. The molecule has 0 aromatic rings. The summed E-state index contributed by atoms with van der Waals surface area (Å²) in [6.45, 7) is -6.87. The fraction of sp³-hybridized carbons (Fsp3) is 0.853. The second-order valence-corrected chi connectivity index (χ2v) is 33.9. The van der Waals surface area contributed by atoms with Crippen LogP contribution in [-0.2, 0) is 124 Å². The second kappa shape index (κ2) is 47.6. The maximum atomic E-state index is 14.2. The Balaban J connectivity index is 1.12. The summed E-state index contributed by atoms with van der Waals surface area (Å²) >= 11 is 0. The summed E-state index contributed by atoms with van der Waals surface area (Å²) in [7, 11) is 0. The van der Waals surface area contributed by atoms with Crippen LogP contribution < -0.4 is 31.9 Å². The van der Waals surface area contributed by atoms with E-state index in [0.29, 0.717) is 0 Å². The van der Waals surface area contributed by atoms with Crippen molar-refractivity contribution < 1.29 is 277 Å². The quantitative estimate of drug-likeness (QED) is 0.0270. The van der Waals surface area contributed by atoms with Gasteiger partial charge in [0.2, 0.25) is 35.4 Å². The van der Waals surface area contributed by atoms with Crippen molar-refractivity contribution in [1.82, 2.24) is 31.9 Å². The van der Waals surface area contributed by atoms with Crippen LogP contribution in [0.2, 0.25) is 0 Å². The number of ether oxygens (including phenoxy) is 15. The van der Waals surface area contributed by atoms with Crippen molar-refractivity contribution in [3.63, 3.8) is 0 Å². The highest BCUT2D eigenvalue weighted by Crippen LogP contribution is 2.46. The summed E-state index contributed by atoms with van der Waals surface area (Å²) in [5.41, 5.74) is 0. The monoisotopic (exact) mass is 2000 g/mol. The lowest BCUT2D eigenvalue weighted by Gasteiger charge is -2.52. The van der Waals surface area contributed by atoms with E-state index in [4.69, 9.17) is 71.1 Å². The molecule has 62 heteroatoms. The standard InChI is InChI=1S/C75H120N6O56/c1-20(90)76-39-26(96)7-71(66(113)114,131-56(39)45(103)31(101)12-82)128-35(16-86)49(107)58-41(78-22(3)92)28(98)9-73(133-58,68(117)118)130-37(18-88)51(109)60-43(80-24(5)94)30(100)11-75(135-60,70(121)122)137-62-52(110)63(112)123-38(19-89)54(62)126-64-44(81-25(6)95)55(47(105)33(14-84)124-64)127-65-53(111)61(48(106)34(15-85)125-65)136-74(69(119)120)10-29(99)42(79-23(4)93)59(134-74)50(108)36(17-87)129-72(67(115)116)8-27(97)40(77-21(2)91)57(132-72)46(104)32(102)13-83/h26-65,82-89,96-112H,7-19H2,1-6H3,(H,76,90)(H,77,91)(H,78,92)(H,79,93)(H,80,94)(H,81,95)(H,113,114)(H,115,116)(H,117,118)(H,119,120)(H,121,122)/t26-,27-,28-,29-,30-,31+,32+,33+,34+,35+,36+,37+,38+,39+,40+,41+,42+,43+,44+,45+,46+,47-,48-,49+,50+,51+,52+,53+,54+,55+,56+,57+,58+,59+,60+,61-,62+,63-,64-,65-,71+,72+,73+,74-,75-/m0/s1. The number of aliphatic hydroxyl groups is 25. The Morgan fingerprint density at radius 3 is 0.832 bits per heavy atom. The van der Waals surface area contributed by atoms with E-state index in [9.17, 15) is 206 Å². The molecule has 137 heavy (non-hydrogen) atoms. The molecule has 45 atom stereocenters. The van der Waals surface area contributed by atoms with E-state index >= 15 is 0 Å². The Bertz CT molecular complexity index is 4100. The van der Waals surface area contributed by atoms with Crippen molar-refractivity contribution in [3.05, 3.63) is 0 Å². The van der Waals surface area contributed by atoms with Crippen molar-refractivity contribution in [2.75, 3.05) is 52.9 Å². The van der Waals surface area contributed by atoms with Crippen LogP contribution in [0.25, 0.3) is 0 Å². The number of nitrogens with one attached hydrogen (secondary N) is 6. The first kappa shape index (κ1) is 115. The minimum absolute atomic E-state index is 0.763. The van der Waals surface area contributed by atoms with Gasteiger partial charge in [-0.1, -0.05) is 0 Å². The smallest absolute Gasteiger partial charge is 0.364 e. The first-order valence-electron chi connectivity index (χ1n) is 42.3. The Morgan fingerprint density at radius 1 is 0.299 bits per heavy atom.